The maximum absolute atomic E-state index is 10.6. The highest BCUT2D eigenvalue weighted by Gasteiger charge is 1.92. The molecule has 10 heavy (non-hydrogen) atoms. The van der Waals surface area contributed by atoms with Gasteiger partial charge in [-0.15, -0.1) is 0 Å². The van der Waals surface area contributed by atoms with Crippen molar-refractivity contribution >= 4 is 5.78 Å². The fourth-order valence-electron chi connectivity index (χ4n) is 0.673. The van der Waals surface area contributed by atoms with Crippen molar-refractivity contribution in [1.29, 1.82) is 0 Å². The summed E-state index contributed by atoms with van der Waals surface area (Å²) < 4.78 is 0. The van der Waals surface area contributed by atoms with Crippen LogP contribution < -0.4 is 4.70 Å². The van der Waals surface area contributed by atoms with Gasteiger partial charge in [-0.1, -0.05) is 30.3 Å². The van der Waals surface area contributed by atoms with E-state index < -0.39 is 0 Å². The first-order valence-electron chi connectivity index (χ1n) is 2.86. The van der Waals surface area contributed by atoms with Crippen LogP contribution in [0.2, 0.25) is 0 Å². The fourth-order valence-corrected chi connectivity index (χ4v) is 0.673. The van der Waals surface area contributed by atoms with E-state index in [0.29, 0.717) is 0 Å². The van der Waals surface area contributed by atoms with Crippen molar-refractivity contribution in [3.63, 3.8) is 0 Å². The SMILES string of the molecule is CC(=O)c1ccccc1.[F-]. The molecule has 1 aromatic rings. The molecule has 0 aliphatic heterocycles. The van der Waals surface area contributed by atoms with E-state index in [1.165, 1.54) is 0 Å². The Hall–Kier alpha value is -1.18. The summed E-state index contributed by atoms with van der Waals surface area (Å²) in [5.41, 5.74) is 0.775. The third kappa shape index (κ3) is 1.97. The number of Topliss-reactive ketones (excluding diaryl/α,β-unsaturated/α-hetero) is 1. The van der Waals surface area contributed by atoms with Crippen molar-refractivity contribution < 1.29 is 9.50 Å². The number of ketones is 1. The molecule has 0 aliphatic carbocycles. The van der Waals surface area contributed by atoms with Crippen LogP contribution in [0.4, 0.5) is 0 Å². The zero-order valence-corrected chi connectivity index (χ0v) is 5.67. The third-order valence-corrected chi connectivity index (χ3v) is 1.18. The van der Waals surface area contributed by atoms with E-state index in [-0.39, 0.29) is 10.5 Å². The lowest BCUT2D eigenvalue weighted by Crippen LogP contribution is -3.00. The van der Waals surface area contributed by atoms with E-state index in [0.717, 1.165) is 5.56 Å². The van der Waals surface area contributed by atoms with E-state index in [1.54, 1.807) is 6.92 Å². The summed E-state index contributed by atoms with van der Waals surface area (Å²) in [5, 5.41) is 0. The first-order chi connectivity index (χ1) is 4.30. The second-order valence-corrected chi connectivity index (χ2v) is 1.92. The van der Waals surface area contributed by atoms with Gasteiger partial charge in [0, 0.05) is 5.56 Å². The molecule has 0 saturated heterocycles. The standard InChI is InChI=1S/C8H8O.FH/c1-7(9)8-5-3-2-4-6-8;/h2-6H,1H3;1H/p-1. The van der Waals surface area contributed by atoms with Crippen LogP contribution in [0.15, 0.2) is 30.3 Å². The lowest BCUT2D eigenvalue weighted by molar-refractivity contribution is -0.00000989. The van der Waals surface area contributed by atoms with E-state index in [9.17, 15) is 4.79 Å². The lowest BCUT2D eigenvalue weighted by Gasteiger charge is -1.89. The molecule has 0 amide bonds. The maximum atomic E-state index is 10.6. The number of carbonyl (C=O) groups excluding carboxylic acids is 1. The van der Waals surface area contributed by atoms with E-state index in [1.807, 2.05) is 30.3 Å². The summed E-state index contributed by atoms with van der Waals surface area (Å²) in [4.78, 5) is 10.6. The summed E-state index contributed by atoms with van der Waals surface area (Å²) >= 11 is 0. The van der Waals surface area contributed by atoms with E-state index in [2.05, 4.69) is 0 Å². The molecule has 0 heterocycles. The summed E-state index contributed by atoms with van der Waals surface area (Å²) in [6.45, 7) is 1.56. The van der Waals surface area contributed by atoms with Crippen LogP contribution in [0.5, 0.6) is 0 Å². The van der Waals surface area contributed by atoms with Crippen LogP contribution in [-0.2, 0) is 0 Å². The van der Waals surface area contributed by atoms with E-state index in [4.69, 9.17) is 0 Å². The number of carbonyl (C=O) groups is 1. The maximum Gasteiger partial charge on any atom is 0.159 e. The number of benzene rings is 1. The van der Waals surface area contributed by atoms with Crippen molar-refractivity contribution in [3.8, 4) is 0 Å². The van der Waals surface area contributed by atoms with Crippen LogP contribution >= 0.6 is 0 Å². The van der Waals surface area contributed by atoms with Crippen molar-refractivity contribution in [2.24, 2.45) is 0 Å². The van der Waals surface area contributed by atoms with Crippen LogP contribution in [0.3, 0.4) is 0 Å². The molecule has 1 nitrogen and oxygen atoms in total. The van der Waals surface area contributed by atoms with Gasteiger partial charge in [-0.3, -0.25) is 4.79 Å². The van der Waals surface area contributed by atoms with Crippen molar-refractivity contribution in [3.05, 3.63) is 35.9 Å². The largest absolute Gasteiger partial charge is 1.00 e. The third-order valence-electron chi connectivity index (χ3n) is 1.18. The van der Waals surface area contributed by atoms with Gasteiger partial charge in [0.2, 0.25) is 0 Å². The van der Waals surface area contributed by atoms with Gasteiger partial charge in [-0.05, 0) is 6.92 Å². The van der Waals surface area contributed by atoms with Crippen LogP contribution in [-0.4, -0.2) is 5.78 Å². The second-order valence-electron chi connectivity index (χ2n) is 1.92. The average molecular weight is 139 g/mol. The molecule has 2 heteroatoms. The molecule has 0 fully saturated rings. The second kappa shape index (κ2) is 3.77. The van der Waals surface area contributed by atoms with Crippen LogP contribution in [0.1, 0.15) is 17.3 Å². The summed E-state index contributed by atoms with van der Waals surface area (Å²) in [5.74, 6) is 0.121. The Morgan fingerprint density at radius 2 is 1.70 bits per heavy atom. The van der Waals surface area contributed by atoms with Gasteiger partial charge in [-0.2, -0.15) is 0 Å². The molecule has 0 bridgehead atoms. The minimum atomic E-state index is 0. The minimum absolute atomic E-state index is 0. The monoisotopic (exact) mass is 139 g/mol. The molecule has 0 saturated carbocycles. The first kappa shape index (κ1) is 8.82. The smallest absolute Gasteiger partial charge is 0.159 e. The Bertz CT molecular complexity index is 206. The van der Waals surface area contributed by atoms with Crippen molar-refractivity contribution in [2.75, 3.05) is 0 Å². The molecule has 0 atom stereocenters. The van der Waals surface area contributed by atoms with Gasteiger partial charge in [0.25, 0.3) is 0 Å². The summed E-state index contributed by atoms with van der Waals surface area (Å²) in [7, 11) is 0. The predicted molar refractivity (Wildman–Crippen MR) is 36.4 cm³/mol. The van der Waals surface area contributed by atoms with Gasteiger partial charge in [-0.25, -0.2) is 0 Å². The molecule has 0 unspecified atom stereocenters. The highest BCUT2D eigenvalue weighted by Crippen LogP contribution is 1.97. The van der Waals surface area contributed by atoms with Gasteiger partial charge in [0.1, 0.15) is 0 Å². The van der Waals surface area contributed by atoms with Crippen molar-refractivity contribution in [1.82, 2.24) is 0 Å². The van der Waals surface area contributed by atoms with Gasteiger partial charge >= 0.3 is 0 Å². The average Bonchev–Trinajstić information content (AvgIpc) is 1.90. The predicted octanol–water partition coefficient (Wildman–Crippen LogP) is -1.11. The van der Waals surface area contributed by atoms with Crippen LogP contribution in [0, 0.1) is 0 Å². The molecule has 0 radical (unpaired) electrons. The molecular formula is C8H8FO-. The number of hydrogen-bond acceptors (Lipinski definition) is 1. The number of halogens is 1. The summed E-state index contributed by atoms with van der Waals surface area (Å²) in [6.07, 6.45) is 0. The Kier molecular flexibility index (Phi) is 3.33. The highest BCUT2D eigenvalue weighted by atomic mass is 19.0. The Labute approximate surface area is 59.1 Å². The molecule has 54 valence electrons. The molecule has 0 aliphatic rings. The van der Waals surface area contributed by atoms with Crippen LogP contribution in [0.25, 0.3) is 0 Å². The van der Waals surface area contributed by atoms with Gasteiger partial charge in [0.15, 0.2) is 5.78 Å². The quantitative estimate of drug-likeness (QED) is 0.451. The van der Waals surface area contributed by atoms with Gasteiger partial charge in [0.05, 0.1) is 0 Å². The zero-order chi connectivity index (χ0) is 6.69. The molecule has 1 rings (SSSR count). The first-order valence-corrected chi connectivity index (χ1v) is 2.86. The van der Waals surface area contributed by atoms with Gasteiger partial charge < -0.3 is 4.70 Å². The minimum Gasteiger partial charge on any atom is -1.00 e. The number of rotatable bonds is 1. The van der Waals surface area contributed by atoms with Crippen molar-refractivity contribution in [2.45, 2.75) is 6.92 Å². The molecule has 0 N–H and O–H groups in total. The molecule has 0 aromatic heterocycles. The molecular weight excluding hydrogens is 131 g/mol. The Balaban J connectivity index is 0.000000810. The van der Waals surface area contributed by atoms with E-state index >= 15 is 0 Å². The summed E-state index contributed by atoms with van der Waals surface area (Å²) in [6, 6.07) is 9.23. The Morgan fingerprint density at radius 1 is 1.20 bits per heavy atom. The highest BCUT2D eigenvalue weighted by molar-refractivity contribution is 5.93. The fraction of sp³-hybridized carbons (Fsp3) is 0.125. The Morgan fingerprint density at radius 3 is 2.00 bits per heavy atom. The number of hydrogen-bond donors (Lipinski definition) is 0. The lowest BCUT2D eigenvalue weighted by atomic mass is 10.2. The zero-order valence-electron chi connectivity index (χ0n) is 5.67. The molecule has 0 spiro atoms. The molecule has 1 aromatic carbocycles. The normalized spacial score (nSPS) is 8.10. The topological polar surface area (TPSA) is 17.1 Å².